The van der Waals surface area contributed by atoms with Gasteiger partial charge in [-0.2, -0.15) is 0 Å². The van der Waals surface area contributed by atoms with E-state index in [-0.39, 0.29) is 14.5 Å². The Balaban J connectivity index is 2.41. The van der Waals surface area contributed by atoms with E-state index >= 15 is 0 Å². The van der Waals surface area contributed by atoms with Gasteiger partial charge in [-0.05, 0) is 0 Å². The molecule has 3 heteroatoms. The third kappa shape index (κ3) is 1.55. The predicted octanol–water partition coefficient (Wildman–Crippen LogP) is 1.28. The van der Waals surface area contributed by atoms with Gasteiger partial charge in [-0.3, -0.25) is 0 Å². The minimum absolute atomic E-state index is 0.279. The second-order valence-electron chi connectivity index (χ2n) is 2.30. The van der Waals surface area contributed by atoms with Gasteiger partial charge in [0, 0.05) is 0 Å². The minimum atomic E-state index is 0.279. The number of hydrogen-bond donors (Lipinski definition) is 0. The van der Waals surface area contributed by atoms with Gasteiger partial charge in [-0.25, -0.2) is 0 Å². The monoisotopic (exact) mass is 290 g/mol. The van der Waals surface area contributed by atoms with Crippen molar-refractivity contribution in [3.05, 3.63) is 33.6 Å². The summed E-state index contributed by atoms with van der Waals surface area (Å²) < 4.78 is 3.78. The fourth-order valence-electron chi connectivity index (χ4n) is 0.967. The molecule has 0 bridgehead atoms. The number of aldehydes is 1. The molecular formula is C9H6OSe2. The normalized spacial score (nSPS) is 10.0. The van der Waals surface area contributed by atoms with Crippen molar-refractivity contribution in [2.75, 3.05) is 0 Å². The first-order valence-corrected chi connectivity index (χ1v) is 7.05. The molecule has 0 fully saturated rings. The van der Waals surface area contributed by atoms with E-state index in [1.54, 1.807) is 0 Å². The summed E-state index contributed by atoms with van der Waals surface area (Å²) in [5, 5.41) is 0. The molecule has 0 saturated heterocycles. The Morgan fingerprint density at radius 3 is 2.67 bits per heavy atom. The molecule has 0 aliphatic heterocycles. The molecule has 0 radical (unpaired) electrons. The van der Waals surface area contributed by atoms with Crippen molar-refractivity contribution in [3.63, 3.8) is 0 Å². The average Bonchev–Trinajstić information content (AvgIpc) is 2.75. The molecule has 0 atom stereocenters. The van der Waals surface area contributed by atoms with Crippen molar-refractivity contribution in [2.45, 2.75) is 0 Å². The van der Waals surface area contributed by atoms with Crippen LogP contribution in [0.4, 0.5) is 0 Å². The zero-order chi connectivity index (χ0) is 8.39. The summed E-state index contributed by atoms with van der Waals surface area (Å²) in [7, 11) is 0. The van der Waals surface area contributed by atoms with E-state index in [1.165, 1.54) is 8.87 Å². The fraction of sp³-hybridized carbons (Fsp3) is 0. The number of hydrogen-bond acceptors (Lipinski definition) is 1. The maximum absolute atomic E-state index is 10.5. The number of carbonyl (C=O) groups is 1. The van der Waals surface area contributed by atoms with E-state index in [4.69, 9.17) is 0 Å². The molecule has 0 N–H and O–H groups in total. The van der Waals surface area contributed by atoms with Gasteiger partial charge >= 0.3 is 82.6 Å². The van der Waals surface area contributed by atoms with E-state index in [9.17, 15) is 4.79 Å². The van der Waals surface area contributed by atoms with Gasteiger partial charge in [0.25, 0.3) is 0 Å². The third-order valence-corrected chi connectivity index (χ3v) is 6.25. The summed E-state index contributed by atoms with van der Waals surface area (Å²) in [6.45, 7) is 0. The van der Waals surface area contributed by atoms with Crippen molar-refractivity contribution in [2.24, 2.45) is 0 Å². The predicted molar refractivity (Wildman–Crippen MR) is 51.1 cm³/mol. The zero-order valence-electron chi connectivity index (χ0n) is 6.19. The summed E-state index contributed by atoms with van der Waals surface area (Å²) in [6.07, 6.45) is 0.972. The molecule has 1 nitrogen and oxygen atoms in total. The maximum atomic E-state index is 10.5. The van der Waals surface area contributed by atoms with Crippen LogP contribution in [0.1, 0.15) is 9.23 Å². The number of rotatable bonds is 2. The van der Waals surface area contributed by atoms with Crippen LogP contribution >= 0.6 is 0 Å². The standard InChI is InChI=1S/C9H6OSe2/c10-6-7-3-4-9(12-7)8-2-1-5-11-8/h1-6H. The van der Waals surface area contributed by atoms with Crippen LogP contribution in [0.2, 0.25) is 0 Å². The molecule has 60 valence electrons. The molecule has 2 heterocycles. The Labute approximate surface area is 82.5 Å². The van der Waals surface area contributed by atoms with Gasteiger partial charge in [-0.15, -0.1) is 0 Å². The Morgan fingerprint density at radius 2 is 2.08 bits per heavy atom. The quantitative estimate of drug-likeness (QED) is 0.601. The van der Waals surface area contributed by atoms with Crippen LogP contribution in [0.3, 0.4) is 0 Å². The van der Waals surface area contributed by atoms with Gasteiger partial charge in [0.05, 0.1) is 0 Å². The van der Waals surface area contributed by atoms with Crippen molar-refractivity contribution >= 4 is 35.3 Å². The van der Waals surface area contributed by atoms with Crippen molar-refractivity contribution in [1.29, 1.82) is 0 Å². The molecule has 0 spiro atoms. The van der Waals surface area contributed by atoms with Gasteiger partial charge in [0.15, 0.2) is 0 Å². The molecule has 0 aliphatic rings. The van der Waals surface area contributed by atoms with Gasteiger partial charge in [0.2, 0.25) is 0 Å². The first-order valence-electron chi connectivity index (χ1n) is 3.49. The van der Waals surface area contributed by atoms with Crippen LogP contribution in [0.15, 0.2) is 29.2 Å². The molecule has 0 amide bonds. The topological polar surface area (TPSA) is 17.1 Å². The van der Waals surface area contributed by atoms with E-state index in [2.05, 4.69) is 23.1 Å². The molecular weight excluding hydrogens is 282 g/mol. The molecule has 0 aromatic carbocycles. The van der Waals surface area contributed by atoms with Gasteiger partial charge in [-0.1, -0.05) is 0 Å². The summed E-state index contributed by atoms with van der Waals surface area (Å²) in [5.41, 5.74) is 0. The van der Waals surface area contributed by atoms with Crippen LogP contribution in [0.5, 0.6) is 0 Å². The van der Waals surface area contributed by atoms with Crippen LogP contribution in [0.25, 0.3) is 8.87 Å². The Kier molecular flexibility index (Phi) is 2.48. The second-order valence-corrected chi connectivity index (χ2v) is 6.63. The zero-order valence-corrected chi connectivity index (χ0v) is 9.61. The fourth-order valence-corrected chi connectivity index (χ4v) is 4.86. The van der Waals surface area contributed by atoms with Crippen molar-refractivity contribution < 1.29 is 4.79 Å². The van der Waals surface area contributed by atoms with Crippen LogP contribution in [0, 0.1) is 0 Å². The van der Waals surface area contributed by atoms with E-state index < -0.39 is 0 Å². The first kappa shape index (κ1) is 8.28. The molecule has 12 heavy (non-hydrogen) atoms. The van der Waals surface area contributed by atoms with Crippen LogP contribution < -0.4 is 0 Å². The van der Waals surface area contributed by atoms with Gasteiger partial charge < -0.3 is 0 Å². The Bertz CT molecular complexity index is 373. The summed E-state index contributed by atoms with van der Waals surface area (Å²) in [4.78, 5) is 12.7. The molecule has 0 unspecified atom stereocenters. The van der Waals surface area contributed by atoms with Crippen LogP contribution in [-0.4, -0.2) is 35.3 Å². The molecule has 2 aromatic rings. The molecule has 0 aliphatic carbocycles. The summed E-state index contributed by atoms with van der Waals surface area (Å²) in [5.74, 6) is 0. The second kappa shape index (κ2) is 3.59. The van der Waals surface area contributed by atoms with Crippen molar-refractivity contribution in [1.82, 2.24) is 0 Å². The first-order chi connectivity index (χ1) is 5.90. The van der Waals surface area contributed by atoms with E-state index in [0.717, 1.165) is 10.7 Å². The summed E-state index contributed by atoms with van der Waals surface area (Å²) >= 11 is 0.793. The SMILES string of the molecule is O=Cc1ccc(-c2ccc[se]2)[se]1. The van der Waals surface area contributed by atoms with E-state index in [1.807, 2.05) is 6.07 Å². The molecule has 2 rings (SSSR count). The van der Waals surface area contributed by atoms with Gasteiger partial charge in [0.1, 0.15) is 0 Å². The van der Waals surface area contributed by atoms with Crippen LogP contribution in [-0.2, 0) is 0 Å². The summed E-state index contributed by atoms with van der Waals surface area (Å²) in [6, 6.07) is 8.29. The van der Waals surface area contributed by atoms with Crippen molar-refractivity contribution in [3.8, 4) is 8.87 Å². The Hall–Kier alpha value is -0.331. The molecule has 2 aromatic heterocycles. The van der Waals surface area contributed by atoms with E-state index in [0.29, 0.717) is 14.5 Å². The number of carbonyl (C=O) groups excluding carboxylic acids is 1. The third-order valence-electron chi connectivity index (χ3n) is 1.51. The average molecular weight is 288 g/mol. The Morgan fingerprint density at radius 1 is 1.17 bits per heavy atom. The molecule has 0 saturated carbocycles.